The number of carbonyl (C=O) groups is 1. The molecule has 0 unspecified atom stereocenters. The van der Waals surface area contributed by atoms with Gasteiger partial charge in [0.25, 0.3) is 0 Å². The zero-order valence-electron chi connectivity index (χ0n) is 10.9. The number of hydrogen-bond acceptors (Lipinski definition) is 2. The van der Waals surface area contributed by atoms with E-state index in [-0.39, 0.29) is 18.6 Å². The largest absolute Gasteiger partial charge is 0.326 e. The fraction of sp³-hybridized carbons (Fsp3) is 0.188. The fourth-order valence-corrected chi connectivity index (χ4v) is 2.14. The topological polar surface area (TPSA) is 43.1 Å². The molecule has 0 heterocycles. The average molecular weight is 275 g/mol. The number of hydrogen-bond donors (Lipinski definition) is 1. The van der Waals surface area contributed by atoms with Gasteiger partial charge in [0.2, 0.25) is 0 Å². The van der Waals surface area contributed by atoms with Gasteiger partial charge in [-0.2, -0.15) is 0 Å². The number of nitrogens with two attached hydrogens (primary N) is 1. The Morgan fingerprint density at radius 3 is 2.15 bits per heavy atom. The van der Waals surface area contributed by atoms with E-state index in [9.17, 15) is 13.6 Å². The maximum absolute atomic E-state index is 13.1. The Balaban J connectivity index is 2.09. The van der Waals surface area contributed by atoms with Crippen molar-refractivity contribution in [2.24, 2.45) is 5.73 Å². The second-order valence-electron chi connectivity index (χ2n) is 4.64. The summed E-state index contributed by atoms with van der Waals surface area (Å²) in [6.45, 7) is 0.359. The second kappa shape index (κ2) is 6.39. The van der Waals surface area contributed by atoms with Crippen LogP contribution in [0.25, 0.3) is 0 Å². The summed E-state index contributed by atoms with van der Waals surface area (Å²) in [5.74, 6) is -1.44. The van der Waals surface area contributed by atoms with Crippen LogP contribution >= 0.6 is 0 Å². The van der Waals surface area contributed by atoms with Gasteiger partial charge >= 0.3 is 0 Å². The van der Waals surface area contributed by atoms with Crippen LogP contribution < -0.4 is 5.73 Å². The van der Waals surface area contributed by atoms with Crippen molar-refractivity contribution in [1.29, 1.82) is 0 Å². The molecular formula is C16H15F2NO. The van der Waals surface area contributed by atoms with Crippen LogP contribution in [0.15, 0.2) is 42.5 Å². The first-order chi connectivity index (χ1) is 9.58. The van der Waals surface area contributed by atoms with Gasteiger partial charge in [0, 0.05) is 25.5 Å². The molecule has 0 bridgehead atoms. The molecule has 2 nitrogen and oxygen atoms in total. The second-order valence-corrected chi connectivity index (χ2v) is 4.64. The van der Waals surface area contributed by atoms with Crippen molar-refractivity contribution in [2.75, 3.05) is 0 Å². The van der Waals surface area contributed by atoms with Crippen molar-refractivity contribution in [3.8, 4) is 0 Å². The molecule has 0 saturated carbocycles. The predicted molar refractivity (Wildman–Crippen MR) is 73.1 cm³/mol. The van der Waals surface area contributed by atoms with E-state index in [4.69, 9.17) is 5.73 Å². The summed E-state index contributed by atoms with van der Waals surface area (Å²) in [6, 6.07) is 10.5. The number of rotatable bonds is 5. The summed E-state index contributed by atoms with van der Waals surface area (Å²) in [5.41, 5.74) is 7.72. The normalized spacial score (nSPS) is 10.6. The lowest BCUT2D eigenvalue weighted by atomic mass is 9.99. The van der Waals surface area contributed by atoms with Gasteiger partial charge < -0.3 is 5.73 Å². The Morgan fingerprint density at radius 1 is 0.950 bits per heavy atom. The third-order valence-corrected chi connectivity index (χ3v) is 3.05. The van der Waals surface area contributed by atoms with Gasteiger partial charge in [0.1, 0.15) is 17.4 Å². The smallest absolute Gasteiger partial charge is 0.141 e. The summed E-state index contributed by atoms with van der Waals surface area (Å²) in [5, 5.41) is 0. The zero-order valence-corrected chi connectivity index (χ0v) is 10.9. The Morgan fingerprint density at radius 2 is 1.55 bits per heavy atom. The summed E-state index contributed by atoms with van der Waals surface area (Å²) in [7, 11) is 0. The molecule has 104 valence electrons. The molecule has 0 radical (unpaired) electrons. The van der Waals surface area contributed by atoms with Crippen molar-refractivity contribution in [2.45, 2.75) is 19.4 Å². The molecule has 2 rings (SSSR count). The number of benzene rings is 2. The first-order valence-electron chi connectivity index (χ1n) is 6.32. The third kappa shape index (κ3) is 3.71. The van der Waals surface area contributed by atoms with E-state index in [0.717, 1.165) is 17.2 Å². The van der Waals surface area contributed by atoms with E-state index < -0.39 is 11.6 Å². The molecule has 0 atom stereocenters. The van der Waals surface area contributed by atoms with Crippen molar-refractivity contribution in [3.05, 3.63) is 70.8 Å². The maximum atomic E-state index is 13.1. The summed E-state index contributed by atoms with van der Waals surface area (Å²) in [6.07, 6.45) is 0.221. The molecule has 20 heavy (non-hydrogen) atoms. The first-order valence-corrected chi connectivity index (χ1v) is 6.32. The van der Waals surface area contributed by atoms with Crippen LogP contribution in [0.3, 0.4) is 0 Å². The minimum atomic E-state index is -0.671. The van der Waals surface area contributed by atoms with E-state index in [1.807, 2.05) is 24.3 Å². The highest BCUT2D eigenvalue weighted by molar-refractivity contribution is 5.83. The van der Waals surface area contributed by atoms with Crippen LogP contribution in [0, 0.1) is 11.6 Å². The van der Waals surface area contributed by atoms with Gasteiger partial charge in [-0.15, -0.1) is 0 Å². The highest BCUT2D eigenvalue weighted by Gasteiger charge is 2.09. The average Bonchev–Trinajstić information content (AvgIpc) is 2.37. The van der Waals surface area contributed by atoms with Crippen LogP contribution in [0.1, 0.15) is 16.7 Å². The van der Waals surface area contributed by atoms with Crippen molar-refractivity contribution < 1.29 is 13.6 Å². The van der Waals surface area contributed by atoms with Crippen LogP contribution in [0.2, 0.25) is 0 Å². The first kappa shape index (κ1) is 14.3. The molecule has 0 aliphatic rings. The highest BCUT2D eigenvalue weighted by atomic mass is 19.1. The standard InChI is InChI=1S/C16H15F2NO/c17-14-5-11(6-15(18)9-14)7-16(20)8-12-3-1-2-4-13(12)10-19/h1-6,9H,7-8,10,19H2. The Hall–Kier alpha value is -2.07. The van der Waals surface area contributed by atoms with Gasteiger partial charge in [0.05, 0.1) is 0 Å². The van der Waals surface area contributed by atoms with Gasteiger partial charge in [-0.1, -0.05) is 24.3 Å². The molecule has 0 fully saturated rings. The number of carbonyl (C=O) groups excluding carboxylic acids is 1. The summed E-state index contributed by atoms with van der Waals surface area (Å²) in [4.78, 5) is 12.0. The SMILES string of the molecule is NCc1ccccc1CC(=O)Cc1cc(F)cc(F)c1. The Kier molecular flexibility index (Phi) is 4.58. The van der Waals surface area contributed by atoms with Gasteiger partial charge in [-0.05, 0) is 28.8 Å². The Bertz CT molecular complexity index is 605. The number of ketones is 1. The van der Waals surface area contributed by atoms with Crippen LogP contribution in [-0.4, -0.2) is 5.78 Å². The molecule has 4 heteroatoms. The van der Waals surface area contributed by atoms with E-state index in [0.29, 0.717) is 12.1 Å². The summed E-state index contributed by atoms with van der Waals surface area (Å²) < 4.78 is 26.1. The van der Waals surface area contributed by atoms with Crippen LogP contribution in [0.5, 0.6) is 0 Å². The van der Waals surface area contributed by atoms with Gasteiger partial charge in [0.15, 0.2) is 0 Å². The highest BCUT2D eigenvalue weighted by Crippen LogP contribution is 2.13. The van der Waals surface area contributed by atoms with E-state index in [1.54, 1.807) is 0 Å². The molecule has 2 aromatic rings. The molecule has 0 amide bonds. The lowest BCUT2D eigenvalue weighted by molar-refractivity contribution is -0.117. The zero-order chi connectivity index (χ0) is 14.5. The quantitative estimate of drug-likeness (QED) is 0.911. The molecular weight excluding hydrogens is 260 g/mol. The van der Waals surface area contributed by atoms with Crippen LogP contribution in [-0.2, 0) is 24.2 Å². The minimum Gasteiger partial charge on any atom is -0.326 e. The molecule has 0 spiro atoms. The molecule has 0 aromatic heterocycles. The lowest BCUT2D eigenvalue weighted by Crippen LogP contribution is -2.10. The van der Waals surface area contributed by atoms with Crippen molar-refractivity contribution >= 4 is 5.78 Å². The molecule has 2 N–H and O–H groups in total. The lowest BCUT2D eigenvalue weighted by Gasteiger charge is -2.07. The summed E-state index contributed by atoms with van der Waals surface area (Å²) >= 11 is 0. The van der Waals surface area contributed by atoms with E-state index in [1.165, 1.54) is 12.1 Å². The molecule has 0 aliphatic carbocycles. The van der Waals surface area contributed by atoms with Crippen LogP contribution in [0.4, 0.5) is 8.78 Å². The minimum absolute atomic E-state index is 0.00753. The number of Topliss-reactive ketones (excluding diaryl/α,β-unsaturated/α-hetero) is 1. The van der Waals surface area contributed by atoms with Crippen molar-refractivity contribution in [1.82, 2.24) is 0 Å². The molecule has 0 saturated heterocycles. The fourth-order valence-electron chi connectivity index (χ4n) is 2.14. The molecule has 2 aromatic carbocycles. The number of halogens is 2. The monoisotopic (exact) mass is 275 g/mol. The predicted octanol–water partition coefficient (Wildman–Crippen LogP) is 2.78. The van der Waals surface area contributed by atoms with Gasteiger partial charge in [-0.25, -0.2) is 8.78 Å². The molecule has 0 aliphatic heterocycles. The maximum Gasteiger partial charge on any atom is 0.141 e. The van der Waals surface area contributed by atoms with Crippen molar-refractivity contribution in [3.63, 3.8) is 0 Å². The Labute approximate surface area is 116 Å². The third-order valence-electron chi connectivity index (χ3n) is 3.05. The van der Waals surface area contributed by atoms with E-state index in [2.05, 4.69) is 0 Å². The van der Waals surface area contributed by atoms with E-state index >= 15 is 0 Å². The van der Waals surface area contributed by atoms with Gasteiger partial charge in [-0.3, -0.25) is 4.79 Å².